The van der Waals surface area contributed by atoms with Crippen molar-refractivity contribution in [2.75, 3.05) is 0 Å². The molecule has 0 aliphatic heterocycles. The lowest BCUT2D eigenvalue weighted by molar-refractivity contribution is 0.0457. The summed E-state index contributed by atoms with van der Waals surface area (Å²) in [6, 6.07) is 3.95. The highest BCUT2D eigenvalue weighted by molar-refractivity contribution is 5.21. The van der Waals surface area contributed by atoms with E-state index in [0.29, 0.717) is 17.9 Å². The van der Waals surface area contributed by atoms with Crippen molar-refractivity contribution in [3.05, 3.63) is 24.0 Å². The molecule has 0 saturated heterocycles. The predicted molar refractivity (Wildman–Crippen MR) is 82.6 cm³/mol. The number of hydrogen-bond donors (Lipinski definition) is 1. The third kappa shape index (κ3) is 3.72. The molecule has 2 N–H and O–H groups in total. The van der Waals surface area contributed by atoms with Gasteiger partial charge in [0, 0.05) is 6.04 Å². The summed E-state index contributed by atoms with van der Waals surface area (Å²) in [5.41, 5.74) is 6.74. The summed E-state index contributed by atoms with van der Waals surface area (Å²) >= 11 is 0. The number of rotatable bonds is 4. The molecule has 1 saturated carbocycles. The molecule has 3 nitrogen and oxygen atoms in total. The number of hydrogen-bond acceptors (Lipinski definition) is 3. The van der Waals surface area contributed by atoms with Gasteiger partial charge in [-0.2, -0.15) is 0 Å². The number of nitrogens with zero attached hydrogens (tertiary/aromatic N) is 1. The second-order valence-electron chi connectivity index (χ2n) is 6.69. The van der Waals surface area contributed by atoms with Crippen LogP contribution in [0.5, 0.6) is 5.75 Å². The molecular formula is C17H28N2O. The molecule has 20 heavy (non-hydrogen) atoms. The Morgan fingerprint density at radius 1 is 1.25 bits per heavy atom. The standard InChI is InChI=1S/C17H28N2O/c1-11(2)15-7-5-12(3)9-17(15)20-14-6-8-16(13(4)18)19-10-14/h6,8,10-13,15,17H,5,7,9,18H2,1-4H3/t12?,13-,15?,17?/m1/s1. The first-order valence-corrected chi connectivity index (χ1v) is 7.85. The third-order valence-electron chi connectivity index (χ3n) is 4.47. The molecule has 2 rings (SSSR count). The Kier molecular flexibility index (Phi) is 5.03. The van der Waals surface area contributed by atoms with E-state index in [1.807, 2.05) is 25.3 Å². The SMILES string of the molecule is CC1CCC(C(C)C)C(Oc2ccc([C@@H](C)N)nc2)C1. The van der Waals surface area contributed by atoms with Gasteiger partial charge in [0.2, 0.25) is 0 Å². The van der Waals surface area contributed by atoms with E-state index < -0.39 is 0 Å². The molecule has 0 spiro atoms. The predicted octanol–water partition coefficient (Wildman–Crippen LogP) is 3.94. The van der Waals surface area contributed by atoms with Crippen LogP contribution in [-0.4, -0.2) is 11.1 Å². The number of pyridine rings is 1. The molecule has 4 atom stereocenters. The van der Waals surface area contributed by atoms with Crippen LogP contribution in [-0.2, 0) is 0 Å². The molecule has 0 radical (unpaired) electrons. The smallest absolute Gasteiger partial charge is 0.138 e. The summed E-state index contributed by atoms with van der Waals surface area (Å²) in [5.74, 6) is 2.95. The van der Waals surface area contributed by atoms with Crippen LogP contribution in [0.15, 0.2) is 18.3 Å². The van der Waals surface area contributed by atoms with Crippen LogP contribution in [0.2, 0.25) is 0 Å². The topological polar surface area (TPSA) is 48.1 Å². The summed E-state index contributed by atoms with van der Waals surface area (Å²) in [6.45, 7) is 8.87. The largest absolute Gasteiger partial charge is 0.489 e. The molecule has 1 fully saturated rings. The quantitative estimate of drug-likeness (QED) is 0.906. The van der Waals surface area contributed by atoms with Crippen LogP contribution >= 0.6 is 0 Å². The Balaban J connectivity index is 2.05. The summed E-state index contributed by atoms with van der Waals surface area (Å²) in [4.78, 5) is 4.38. The van der Waals surface area contributed by atoms with Gasteiger partial charge in [-0.25, -0.2) is 0 Å². The minimum absolute atomic E-state index is 0.0258. The Labute approximate surface area is 122 Å². The van der Waals surface area contributed by atoms with Crippen molar-refractivity contribution in [1.29, 1.82) is 0 Å². The van der Waals surface area contributed by atoms with E-state index in [1.165, 1.54) is 12.8 Å². The van der Waals surface area contributed by atoms with Crippen molar-refractivity contribution in [2.24, 2.45) is 23.5 Å². The second kappa shape index (κ2) is 6.57. The molecular weight excluding hydrogens is 248 g/mol. The molecule has 1 aromatic rings. The Bertz CT molecular complexity index is 414. The van der Waals surface area contributed by atoms with Gasteiger partial charge in [0.1, 0.15) is 11.9 Å². The average molecular weight is 276 g/mol. The molecule has 1 heterocycles. The number of nitrogens with two attached hydrogens (primary N) is 1. The van der Waals surface area contributed by atoms with Crippen LogP contribution in [0.1, 0.15) is 58.7 Å². The molecule has 0 aromatic carbocycles. The Hall–Kier alpha value is -1.09. The van der Waals surface area contributed by atoms with E-state index in [2.05, 4.69) is 25.8 Å². The molecule has 3 unspecified atom stereocenters. The van der Waals surface area contributed by atoms with Crippen molar-refractivity contribution < 1.29 is 4.74 Å². The number of ether oxygens (including phenoxy) is 1. The van der Waals surface area contributed by atoms with Crippen LogP contribution in [0.3, 0.4) is 0 Å². The molecule has 0 bridgehead atoms. The van der Waals surface area contributed by atoms with E-state index in [0.717, 1.165) is 23.8 Å². The lowest BCUT2D eigenvalue weighted by atomic mass is 9.75. The molecule has 1 aliphatic rings. The fourth-order valence-corrected chi connectivity index (χ4v) is 3.16. The second-order valence-corrected chi connectivity index (χ2v) is 6.69. The van der Waals surface area contributed by atoms with E-state index in [1.54, 1.807) is 0 Å². The Morgan fingerprint density at radius 2 is 2.00 bits per heavy atom. The van der Waals surface area contributed by atoms with Crippen molar-refractivity contribution in [2.45, 2.75) is 59.1 Å². The van der Waals surface area contributed by atoms with E-state index in [4.69, 9.17) is 10.5 Å². The minimum Gasteiger partial charge on any atom is -0.489 e. The first-order chi connectivity index (χ1) is 9.47. The minimum atomic E-state index is -0.0258. The molecule has 0 amide bonds. The van der Waals surface area contributed by atoms with E-state index in [-0.39, 0.29) is 6.04 Å². The van der Waals surface area contributed by atoms with Gasteiger partial charge in [-0.3, -0.25) is 4.98 Å². The summed E-state index contributed by atoms with van der Waals surface area (Å²) in [5, 5.41) is 0. The van der Waals surface area contributed by atoms with Gasteiger partial charge in [-0.05, 0) is 49.7 Å². The van der Waals surface area contributed by atoms with Gasteiger partial charge in [-0.1, -0.05) is 27.2 Å². The van der Waals surface area contributed by atoms with Gasteiger partial charge >= 0.3 is 0 Å². The lowest BCUT2D eigenvalue weighted by Gasteiger charge is -2.37. The summed E-state index contributed by atoms with van der Waals surface area (Å²) in [6.07, 6.45) is 5.88. The van der Waals surface area contributed by atoms with Gasteiger partial charge in [-0.15, -0.1) is 0 Å². The Morgan fingerprint density at radius 3 is 2.55 bits per heavy atom. The normalized spacial score (nSPS) is 28.4. The van der Waals surface area contributed by atoms with Crippen LogP contribution < -0.4 is 10.5 Å². The zero-order valence-electron chi connectivity index (χ0n) is 13.2. The molecule has 1 aromatic heterocycles. The maximum atomic E-state index is 6.23. The zero-order valence-corrected chi connectivity index (χ0v) is 13.2. The van der Waals surface area contributed by atoms with Gasteiger partial charge < -0.3 is 10.5 Å². The lowest BCUT2D eigenvalue weighted by Crippen LogP contribution is -2.36. The molecule has 112 valence electrons. The van der Waals surface area contributed by atoms with Crippen molar-refractivity contribution >= 4 is 0 Å². The van der Waals surface area contributed by atoms with E-state index >= 15 is 0 Å². The summed E-state index contributed by atoms with van der Waals surface area (Å²) in [7, 11) is 0. The molecule has 1 aliphatic carbocycles. The van der Waals surface area contributed by atoms with Gasteiger partial charge in [0.05, 0.1) is 11.9 Å². The highest BCUT2D eigenvalue weighted by Gasteiger charge is 2.32. The van der Waals surface area contributed by atoms with E-state index in [9.17, 15) is 0 Å². The fourth-order valence-electron chi connectivity index (χ4n) is 3.16. The highest BCUT2D eigenvalue weighted by Crippen LogP contribution is 2.35. The summed E-state index contributed by atoms with van der Waals surface area (Å²) < 4.78 is 6.23. The first-order valence-electron chi connectivity index (χ1n) is 7.85. The van der Waals surface area contributed by atoms with Gasteiger partial charge in [0.15, 0.2) is 0 Å². The van der Waals surface area contributed by atoms with Crippen LogP contribution in [0, 0.1) is 17.8 Å². The average Bonchev–Trinajstić information content (AvgIpc) is 2.39. The van der Waals surface area contributed by atoms with Crippen molar-refractivity contribution in [3.63, 3.8) is 0 Å². The van der Waals surface area contributed by atoms with Crippen LogP contribution in [0.25, 0.3) is 0 Å². The highest BCUT2D eigenvalue weighted by atomic mass is 16.5. The maximum Gasteiger partial charge on any atom is 0.138 e. The number of aromatic nitrogens is 1. The third-order valence-corrected chi connectivity index (χ3v) is 4.47. The van der Waals surface area contributed by atoms with Crippen molar-refractivity contribution in [3.8, 4) is 5.75 Å². The van der Waals surface area contributed by atoms with Crippen LogP contribution in [0.4, 0.5) is 0 Å². The zero-order chi connectivity index (χ0) is 14.7. The maximum absolute atomic E-state index is 6.23. The fraction of sp³-hybridized carbons (Fsp3) is 0.706. The van der Waals surface area contributed by atoms with Crippen molar-refractivity contribution in [1.82, 2.24) is 4.98 Å². The monoisotopic (exact) mass is 276 g/mol. The van der Waals surface area contributed by atoms with Gasteiger partial charge in [0.25, 0.3) is 0 Å². The molecule has 3 heteroatoms. The first kappa shape index (κ1) is 15.3.